The lowest BCUT2D eigenvalue weighted by Crippen LogP contribution is -2.35. The van der Waals surface area contributed by atoms with E-state index in [4.69, 9.17) is 11.6 Å². The first kappa shape index (κ1) is 14.0. The number of likely N-dealkylation sites (N-methyl/N-ethyl adjacent to an activating group) is 1. The van der Waals surface area contributed by atoms with Gasteiger partial charge in [-0.3, -0.25) is 10.1 Å². The van der Waals surface area contributed by atoms with Crippen molar-refractivity contribution in [2.24, 2.45) is 0 Å². The van der Waals surface area contributed by atoms with Gasteiger partial charge >= 0.3 is 0 Å². The molecule has 0 aliphatic carbocycles. The van der Waals surface area contributed by atoms with Crippen LogP contribution in [0.1, 0.15) is 12.8 Å². The molecule has 0 saturated carbocycles. The first-order valence-electron chi connectivity index (χ1n) is 6.07. The fourth-order valence-electron chi connectivity index (χ4n) is 2.32. The Hall–Kier alpha value is -1.40. The van der Waals surface area contributed by atoms with Crippen LogP contribution in [0.2, 0.25) is 5.02 Å². The molecule has 7 heteroatoms. The van der Waals surface area contributed by atoms with E-state index in [-0.39, 0.29) is 10.7 Å². The molecular weight excluding hydrogens is 273 g/mol. The quantitative estimate of drug-likeness (QED) is 0.683. The van der Waals surface area contributed by atoms with Crippen molar-refractivity contribution < 1.29 is 9.31 Å². The Morgan fingerprint density at radius 3 is 2.95 bits per heavy atom. The number of nitrogens with zero attached hydrogens (tertiary/aromatic N) is 2. The Kier molecular flexibility index (Phi) is 4.21. The van der Waals surface area contributed by atoms with E-state index >= 15 is 0 Å². The van der Waals surface area contributed by atoms with E-state index in [9.17, 15) is 14.5 Å². The molecule has 1 aromatic rings. The maximum Gasteiger partial charge on any atom is 0.295 e. The molecule has 1 heterocycles. The summed E-state index contributed by atoms with van der Waals surface area (Å²) in [5, 5.41) is 14.2. The standard InChI is InChI=1S/C12H15ClFN3O2/c1-16(7-8-3-2-4-15-8)11-5-9(13)10(14)6-12(11)17(18)19/h5-6,8,15H,2-4,7H2,1H3. The van der Waals surface area contributed by atoms with E-state index < -0.39 is 10.7 Å². The summed E-state index contributed by atoms with van der Waals surface area (Å²) in [6.45, 7) is 1.59. The van der Waals surface area contributed by atoms with E-state index in [0.29, 0.717) is 18.3 Å². The highest BCUT2D eigenvalue weighted by atomic mass is 35.5. The van der Waals surface area contributed by atoms with Gasteiger partial charge in [0, 0.05) is 19.6 Å². The third kappa shape index (κ3) is 3.13. The Bertz CT molecular complexity index is 492. The van der Waals surface area contributed by atoms with Gasteiger partial charge in [-0.25, -0.2) is 4.39 Å². The van der Waals surface area contributed by atoms with E-state index in [2.05, 4.69) is 5.32 Å². The predicted molar refractivity (Wildman–Crippen MR) is 72.4 cm³/mol. The number of hydrogen-bond donors (Lipinski definition) is 1. The van der Waals surface area contributed by atoms with Gasteiger partial charge in [0.05, 0.1) is 16.0 Å². The number of hydrogen-bond acceptors (Lipinski definition) is 4. The van der Waals surface area contributed by atoms with Crippen molar-refractivity contribution in [1.29, 1.82) is 0 Å². The maximum absolute atomic E-state index is 13.3. The summed E-state index contributed by atoms with van der Waals surface area (Å²) in [5.41, 5.74) is 0.0764. The Morgan fingerprint density at radius 1 is 1.63 bits per heavy atom. The zero-order valence-electron chi connectivity index (χ0n) is 10.5. The summed E-state index contributed by atoms with van der Waals surface area (Å²) in [6.07, 6.45) is 2.14. The van der Waals surface area contributed by atoms with E-state index in [1.165, 1.54) is 6.07 Å². The van der Waals surface area contributed by atoms with Crippen molar-refractivity contribution in [3.8, 4) is 0 Å². The monoisotopic (exact) mass is 287 g/mol. The van der Waals surface area contributed by atoms with Gasteiger partial charge < -0.3 is 10.2 Å². The lowest BCUT2D eigenvalue weighted by molar-refractivity contribution is -0.384. The highest BCUT2D eigenvalue weighted by Crippen LogP contribution is 2.32. The third-order valence-electron chi connectivity index (χ3n) is 3.28. The molecule has 0 aromatic heterocycles. The Balaban J connectivity index is 2.26. The molecule has 1 aromatic carbocycles. The van der Waals surface area contributed by atoms with Crippen LogP contribution in [-0.4, -0.2) is 31.1 Å². The van der Waals surface area contributed by atoms with Crippen molar-refractivity contribution >= 4 is 23.0 Å². The van der Waals surface area contributed by atoms with E-state index in [1.807, 2.05) is 0 Å². The molecule has 1 unspecified atom stereocenters. The minimum atomic E-state index is -0.774. The molecule has 2 rings (SSSR count). The van der Waals surface area contributed by atoms with Gasteiger partial charge in [-0.05, 0) is 25.5 Å². The van der Waals surface area contributed by atoms with Gasteiger partial charge in [0.15, 0.2) is 0 Å². The summed E-state index contributed by atoms with van der Waals surface area (Å²) in [6, 6.07) is 2.48. The van der Waals surface area contributed by atoms with Crippen LogP contribution in [0, 0.1) is 15.9 Å². The second kappa shape index (κ2) is 5.71. The van der Waals surface area contributed by atoms with Crippen LogP contribution in [0.4, 0.5) is 15.8 Å². The summed E-state index contributed by atoms with van der Waals surface area (Å²) >= 11 is 5.71. The molecule has 1 aliphatic rings. The molecule has 0 bridgehead atoms. The average molecular weight is 288 g/mol. The second-order valence-corrected chi connectivity index (χ2v) is 5.09. The van der Waals surface area contributed by atoms with Crippen LogP contribution in [0.3, 0.4) is 0 Å². The molecule has 1 aliphatic heterocycles. The second-order valence-electron chi connectivity index (χ2n) is 4.69. The van der Waals surface area contributed by atoms with Crippen molar-refractivity contribution in [3.05, 3.63) is 33.1 Å². The van der Waals surface area contributed by atoms with Crippen molar-refractivity contribution in [2.45, 2.75) is 18.9 Å². The fraction of sp³-hybridized carbons (Fsp3) is 0.500. The summed E-state index contributed by atoms with van der Waals surface area (Å²) in [4.78, 5) is 12.1. The van der Waals surface area contributed by atoms with Gasteiger partial charge in [-0.2, -0.15) is 0 Å². The molecule has 0 radical (unpaired) electrons. The zero-order valence-corrected chi connectivity index (χ0v) is 11.3. The van der Waals surface area contributed by atoms with Gasteiger partial charge in [-0.15, -0.1) is 0 Å². The minimum Gasteiger partial charge on any atom is -0.367 e. The van der Waals surface area contributed by atoms with Gasteiger partial charge in [-0.1, -0.05) is 11.6 Å². The molecule has 0 spiro atoms. The zero-order chi connectivity index (χ0) is 14.0. The lowest BCUT2D eigenvalue weighted by Gasteiger charge is -2.23. The third-order valence-corrected chi connectivity index (χ3v) is 3.57. The highest BCUT2D eigenvalue weighted by molar-refractivity contribution is 6.31. The van der Waals surface area contributed by atoms with Crippen molar-refractivity contribution in [3.63, 3.8) is 0 Å². The van der Waals surface area contributed by atoms with Crippen LogP contribution in [0.15, 0.2) is 12.1 Å². The normalized spacial score (nSPS) is 18.6. The smallest absolute Gasteiger partial charge is 0.295 e. The van der Waals surface area contributed by atoms with E-state index in [1.54, 1.807) is 11.9 Å². The van der Waals surface area contributed by atoms with Crippen molar-refractivity contribution in [1.82, 2.24) is 5.32 Å². The molecule has 1 atom stereocenters. The van der Waals surface area contributed by atoms with Crippen LogP contribution in [0.5, 0.6) is 0 Å². The number of rotatable bonds is 4. The molecule has 19 heavy (non-hydrogen) atoms. The molecule has 1 fully saturated rings. The molecule has 0 amide bonds. The molecule has 1 N–H and O–H groups in total. The number of benzene rings is 1. The number of halogens is 2. The number of nitrogens with one attached hydrogen (secondary N) is 1. The number of nitro benzene ring substituents is 1. The topological polar surface area (TPSA) is 58.4 Å². The molecule has 5 nitrogen and oxygen atoms in total. The van der Waals surface area contributed by atoms with Gasteiger partial charge in [0.2, 0.25) is 0 Å². The SMILES string of the molecule is CN(CC1CCCN1)c1cc(Cl)c(F)cc1[N+](=O)[O-]. The highest BCUT2D eigenvalue weighted by Gasteiger charge is 2.23. The Morgan fingerprint density at radius 2 is 2.37 bits per heavy atom. The maximum atomic E-state index is 13.3. The summed E-state index contributed by atoms with van der Waals surface area (Å²) in [7, 11) is 1.75. The molecule has 104 valence electrons. The van der Waals surface area contributed by atoms with E-state index in [0.717, 1.165) is 25.5 Å². The predicted octanol–water partition coefficient (Wildman–Crippen LogP) is 2.58. The number of nitro groups is 1. The summed E-state index contributed by atoms with van der Waals surface area (Å²) < 4.78 is 13.3. The lowest BCUT2D eigenvalue weighted by atomic mass is 10.2. The molecular formula is C12H15ClFN3O2. The van der Waals surface area contributed by atoms with Gasteiger partial charge in [0.1, 0.15) is 11.5 Å². The average Bonchev–Trinajstić information content (AvgIpc) is 2.84. The van der Waals surface area contributed by atoms with Crippen LogP contribution >= 0.6 is 11.6 Å². The molecule has 1 saturated heterocycles. The van der Waals surface area contributed by atoms with Crippen LogP contribution in [0.25, 0.3) is 0 Å². The number of anilines is 1. The summed E-state index contributed by atoms with van der Waals surface area (Å²) in [5.74, 6) is -0.774. The minimum absolute atomic E-state index is 0.105. The largest absolute Gasteiger partial charge is 0.367 e. The Labute approximate surface area is 115 Å². The first-order chi connectivity index (χ1) is 8.99. The van der Waals surface area contributed by atoms with Crippen LogP contribution < -0.4 is 10.2 Å². The van der Waals surface area contributed by atoms with Crippen molar-refractivity contribution in [2.75, 3.05) is 25.0 Å². The first-order valence-corrected chi connectivity index (χ1v) is 6.45. The van der Waals surface area contributed by atoms with Crippen LogP contribution in [-0.2, 0) is 0 Å². The fourth-order valence-corrected chi connectivity index (χ4v) is 2.48. The van der Waals surface area contributed by atoms with Gasteiger partial charge in [0.25, 0.3) is 5.69 Å².